The van der Waals surface area contributed by atoms with Gasteiger partial charge in [-0.25, -0.2) is 8.78 Å². The Labute approximate surface area is 127 Å². The van der Waals surface area contributed by atoms with Crippen LogP contribution in [0.25, 0.3) is 0 Å². The summed E-state index contributed by atoms with van der Waals surface area (Å²) in [5.41, 5.74) is 0.151. The molecule has 1 aromatic carbocycles. The summed E-state index contributed by atoms with van der Waals surface area (Å²) in [7, 11) is 0. The second kappa shape index (κ2) is 6.64. The molecule has 20 heavy (non-hydrogen) atoms. The molecule has 0 N–H and O–H groups in total. The van der Waals surface area contributed by atoms with Gasteiger partial charge in [0.25, 0.3) is 0 Å². The summed E-state index contributed by atoms with van der Waals surface area (Å²) in [6.07, 6.45) is 1.89. The maximum Gasteiger partial charge on any atom is 0.176 e. The Morgan fingerprint density at radius 2 is 1.95 bits per heavy atom. The van der Waals surface area contributed by atoms with Crippen molar-refractivity contribution in [2.75, 3.05) is 6.26 Å². The smallest absolute Gasteiger partial charge is 0.176 e. The predicted molar refractivity (Wildman–Crippen MR) is 77.7 cm³/mol. The molecule has 0 aliphatic rings. The van der Waals surface area contributed by atoms with Gasteiger partial charge in [-0.3, -0.25) is 4.79 Å². The molecular formula is C12H10F2N2OS3. The number of Topliss-reactive ketones (excluding diaryl/α,β-unsaturated/α-hetero) is 1. The summed E-state index contributed by atoms with van der Waals surface area (Å²) in [4.78, 5) is 12.1. The van der Waals surface area contributed by atoms with Gasteiger partial charge in [0.05, 0.1) is 5.25 Å². The molecular weight excluding hydrogens is 322 g/mol. The number of halogens is 2. The molecule has 1 atom stereocenters. The first-order chi connectivity index (χ1) is 9.51. The van der Waals surface area contributed by atoms with Gasteiger partial charge in [-0.15, -0.1) is 10.2 Å². The summed E-state index contributed by atoms with van der Waals surface area (Å²) in [5.74, 6) is -2.25. The third-order valence-corrected chi connectivity index (χ3v) is 5.50. The lowest BCUT2D eigenvalue weighted by atomic mass is 10.1. The van der Waals surface area contributed by atoms with Gasteiger partial charge in [0, 0.05) is 5.56 Å². The van der Waals surface area contributed by atoms with Crippen LogP contribution in [0.1, 0.15) is 17.3 Å². The van der Waals surface area contributed by atoms with E-state index in [2.05, 4.69) is 10.2 Å². The zero-order valence-corrected chi connectivity index (χ0v) is 13.0. The maximum absolute atomic E-state index is 13.1. The number of ketones is 1. The Balaban J connectivity index is 2.09. The second-order valence-corrected chi connectivity index (χ2v) is 7.41. The Bertz CT molecular complexity index is 633. The molecule has 3 nitrogen and oxygen atoms in total. The molecule has 1 unspecified atom stereocenters. The zero-order valence-electron chi connectivity index (χ0n) is 10.6. The van der Waals surface area contributed by atoms with E-state index in [1.165, 1.54) is 40.9 Å². The van der Waals surface area contributed by atoms with Gasteiger partial charge in [0.2, 0.25) is 0 Å². The Morgan fingerprint density at radius 1 is 1.25 bits per heavy atom. The molecule has 0 radical (unpaired) electrons. The Hall–Kier alpha value is -0.990. The highest BCUT2D eigenvalue weighted by Crippen LogP contribution is 2.31. The van der Waals surface area contributed by atoms with Crippen LogP contribution in [-0.2, 0) is 0 Å². The van der Waals surface area contributed by atoms with Crippen LogP contribution in [0.15, 0.2) is 26.9 Å². The highest BCUT2D eigenvalue weighted by atomic mass is 32.2. The number of hydrogen-bond donors (Lipinski definition) is 0. The fraction of sp³-hybridized carbons (Fsp3) is 0.250. The molecule has 0 amide bonds. The molecule has 0 bridgehead atoms. The number of carbonyl (C=O) groups is 1. The molecule has 106 valence electrons. The number of thioether (sulfide) groups is 2. The summed E-state index contributed by atoms with van der Waals surface area (Å²) >= 11 is 4.14. The fourth-order valence-electron chi connectivity index (χ4n) is 1.42. The first kappa shape index (κ1) is 15.4. The van der Waals surface area contributed by atoms with Crippen molar-refractivity contribution in [2.45, 2.75) is 20.9 Å². The third-order valence-electron chi connectivity index (χ3n) is 2.41. The van der Waals surface area contributed by atoms with Gasteiger partial charge < -0.3 is 0 Å². The van der Waals surface area contributed by atoms with Crippen molar-refractivity contribution in [3.05, 3.63) is 35.4 Å². The minimum Gasteiger partial charge on any atom is -0.293 e. The molecule has 8 heteroatoms. The summed E-state index contributed by atoms with van der Waals surface area (Å²) in [5, 5.41) is 7.45. The average molecular weight is 332 g/mol. The van der Waals surface area contributed by atoms with E-state index in [1.54, 1.807) is 6.92 Å². The van der Waals surface area contributed by atoms with Gasteiger partial charge in [0.1, 0.15) is 0 Å². The molecule has 0 saturated carbocycles. The van der Waals surface area contributed by atoms with Crippen LogP contribution in [0.5, 0.6) is 0 Å². The van der Waals surface area contributed by atoms with E-state index in [0.29, 0.717) is 4.34 Å². The minimum absolute atomic E-state index is 0.151. The average Bonchev–Trinajstić information content (AvgIpc) is 2.88. The normalized spacial score (nSPS) is 12.4. The number of carbonyl (C=O) groups excluding carboxylic acids is 1. The molecule has 1 heterocycles. The summed E-state index contributed by atoms with van der Waals surface area (Å²) in [6, 6.07) is 3.16. The van der Waals surface area contributed by atoms with Crippen molar-refractivity contribution < 1.29 is 13.6 Å². The molecule has 0 saturated heterocycles. The first-order valence-corrected chi connectivity index (χ1v) is 8.46. The van der Waals surface area contributed by atoms with Crippen LogP contribution in [0.3, 0.4) is 0 Å². The summed E-state index contributed by atoms with van der Waals surface area (Å²) < 4.78 is 27.5. The van der Waals surface area contributed by atoms with Crippen LogP contribution in [0.4, 0.5) is 8.78 Å². The van der Waals surface area contributed by atoms with Crippen molar-refractivity contribution in [1.29, 1.82) is 0 Å². The monoisotopic (exact) mass is 332 g/mol. The molecule has 0 aliphatic carbocycles. The van der Waals surface area contributed by atoms with Crippen LogP contribution in [0, 0.1) is 11.6 Å². The molecule has 1 aromatic heterocycles. The predicted octanol–water partition coefficient (Wildman–Crippen LogP) is 3.90. The maximum atomic E-state index is 13.1. The van der Waals surface area contributed by atoms with Crippen molar-refractivity contribution in [1.82, 2.24) is 10.2 Å². The van der Waals surface area contributed by atoms with Crippen molar-refractivity contribution in [3.63, 3.8) is 0 Å². The lowest BCUT2D eigenvalue weighted by Gasteiger charge is -2.08. The van der Waals surface area contributed by atoms with E-state index in [0.717, 1.165) is 16.5 Å². The third kappa shape index (κ3) is 3.56. The van der Waals surface area contributed by atoms with E-state index >= 15 is 0 Å². The highest BCUT2D eigenvalue weighted by Gasteiger charge is 2.20. The number of nitrogens with zero attached hydrogens (tertiary/aromatic N) is 2. The number of benzene rings is 1. The van der Waals surface area contributed by atoms with Crippen LogP contribution < -0.4 is 0 Å². The second-order valence-electron chi connectivity index (χ2n) is 3.79. The lowest BCUT2D eigenvalue weighted by Crippen LogP contribution is -2.13. The number of aromatic nitrogens is 2. The van der Waals surface area contributed by atoms with E-state index in [-0.39, 0.29) is 11.3 Å². The van der Waals surface area contributed by atoms with E-state index < -0.39 is 16.9 Å². The molecule has 0 fully saturated rings. The van der Waals surface area contributed by atoms with Gasteiger partial charge >= 0.3 is 0 Å². The van der Waals surface area contributed by atoms with Crippen LogP contribution >= 0.6 is 34.9 Å². The van der Waals surface area contributed by atoms with Crippen molar-refractivity contribution in [2.24, 2.45) is 0 Å². The van der Waals surface area contributed by atoms with Crippen LogP contribution in [0.2, 0.25) is 0 Å². The largest absolute Gasteiger partial charge is 0.293 e. The van der Waals surface area contributed by atoms with Gasteiger partial charge in [-0.05, 0) is 31.4 Å². The van der Waals surface area contributed by atoms with Gasteiger partial charge in [0.15, 0.2) is 26.1 Å². The zero-order chi connectivity index (χ0) is 14.7. The topological polar surface area (TPSA) is 42.9 Å². The van der Waals surface area contributed by atoms with Crippen LogP contribution in [-0.4, -0.2) is 27.5 Å². The first-order valence-electron chi connectivity index (χ1n) is 5.54. The molecule has 0 spiro atoms. The standard InChI is InChI=1S/C12H10F2N2OS3/c1-6(19-12-16-15-11(18-2)20-12)10(17)7-3-4-8(13)9(14)5-7/h3-6H,1-2H3. The van der Waals surface area contributed by atoms with Gasteiger partial charge in [-0.2, -0.15) is 0 Å². The quantitative estimate of drug-likeness (QED) is 0.613. The van der Waals surface area contributed by atoms with E-state index in [9.17, 15) is 13.6 Å². The Kier molecular flexibility index (Phi) is 5.11. The lowest BCUT2D eigenvalue weighted by molar-refractivity contribution is 0.0993. The highest BCUT2D eigenvalue weighted by molar-refractivity contribution is 8.03. The SMILES string of the molecule is CSc1nnc(SC(C)C(=O)c2ccc(F)c(F)c2)s1. The summed E-state index contributed by atoms with van der Waals surface area (Å²) in [6.45, 7) is 1.70. The number of rotatable bonds is 5. The molecule has 2 aromatic rings. The fourth-order valence-corrected chi connectivity index (χ4v) is 4.08. The molecule has 2 rings (SSSR count). The Morgan fingerprint density at radius 3 is 2.55 bits per heavy atom. The van der Waals surface area contributed by atoms with E-state index in [4.69, 9.17) is 0 Å². The van der Waals surface area contributed by atoms with E-state index in [1.807, 2.05) is 6.26 Å². The number of hydrogen-bond acceptors (Lipinski definition) is 6. The van der Waals surface area contributed by atoms with Gasteiger partial charge in [-0.1, -0.05) is 34.9 Å². The van der Waals surface area contributed by atoms with Crippen molar-refractivity contribution in [3.8, 4) is 0 Å². The molecule has 0 aliphatic heterocycles. The van der Waals surface area contributed by atoms with Crippen molar-refractivity contribution >= 4 is 40.6 Å². The minimum atomic E-state index is -1.02.